The predicted molar refractivity (Wildman–Crippen MR) is 56.2 cm³/mol. The first-order valence-corrected chi connectivity index (χ1v) is 5.62. The van der Waals surface area contributed by atoms with Gasteiger partial charge in [-0.2, -0.15) is 18.4 Å². The summed E-state index contributed by atoms with van der Waals surface area (Å²) in [5.74, 6) is -0.662. The van der Waals surface area contributed by atoms with E-state index in [1.807, 2.05) is 13.0 Å². The van der Waals surface area contributed by atoms with Crippen LogP contribution >= 0.6 is 0 Å². The number of hydrogen-bond donors (Lipinski definition) is 1. The average Bonchev–Trinajstić information content (AvgIpc) is 2.21. The molecule has 1 aliphatic carbocycles. The SMILES string of the molecule is CC1CC(C#N)(C(=O)N(CCO)CC(F)(F)F)C1. The molecule has 0 radical (unpaired) electrons. The first-order chi connectivity index (χ1) is 8.24. The number of aliphatic hydroxyl groups excluding tert-OH is 1. The first-order valence-electron chi connectivity index (χ1n) is 5.62. The molecule has 0 heterocycles. The topological polar surface area (TPSA) is 64.3 Å². The van der Waals surface area contributed by atoms with Gasteiger partial charge in [0.25, 0.3) is 0 Å². The van der Waals surface area contributed by atoms with Gasteiger partial charge in [-0.25, -0.2) is 0 Å². The molecule has 0 aromatic rings. The molecule has 0 spiro atoms. The van der Waals surface area contributed by atoms with Crippen molar-refractivity contribution in [2.45, 2.75) is 25.9 Å². The zero-order chi connectivity index (χ0) is 14.0. The number of hydrogen-bond acceptors (Lipinski definition) is 3. The van der Waals surface area contributed by atoms with Gasteiger partial charge in [-0.05, 0) is 18.8 Å². The summed E-state index contributed by atoms with van der Waals surface area (Å²) in [5.41, 5.74) is -1.33. The maximum Gasteiger partial charge on any atom is 0.406 e. The lowest BCUT2D eigenvalue weighted by molar-refractivity contribution is -0.170. The molecule has 7 heteroatoms. The molecule has 18 heavy (non-hydrogen) atoms. The maximum atomic E-state index is 12.3. The highest BCUT2D eigenvalue weighted by atomic mass is 19.4. The summed E-state index contributed by atoms with van der Waals surface area (Å²) in [6.07, 6.45) is -3.97. The van der Waals surface area contributed by atoms with Crippen molar-refractivity contribution >= 4 is 5.91 Å². The van der Waals surface area contributed by atoms with Crippen LogP contribution in [0.25, 0.3) is 0 Å². The molecule has 0 aromatic heterocycles. The number of amides is 1. The normalized spacial score (nSPS) is 27.2. The van der Waals surface area contributed by atoms with Gasteiger partial charge in [0.05, 0.1) is 12.7 Å². The zero-order valence-electron chi connectivity index (χ0n) is 10.00. The molecule has 0 saturated heterocycles. The lowest BCUT2D eigenvalue weighted by Gasteiger charge is -2.42. The lowest BCUT2D eigenvalue weighted by atomic mass is 9.62. The van der Waals surface area contributed by atoms with Crippen molar-refractivity contribution in [2.75, 3.05) is 19.7 Å². The number of halogens is 3. The van der Waals surface area contributed by atoms with E-state index in [-0.39, 0.29) is 18.8 Å². The van der Waals surface area contributed by atoms with Gasteiger partial charge in [0.1, 0.15) is 12.0 Å². The number of nitrogens with zero attached hydrogens (tertiary/aromatic N) is 2. The lowest BCUT2D eigenvalue weighted by Crippen LogP contribution is -2.52. The van der Waals surface area contributed by atoms with Gasteiger partial charge in [-0.15, -0.1) is 0 Å². The van der Waals surface area contributed by atoms with E-state index in [2.05, 4.69) is 0 Å². The molecule has 1 amide bonds. The van der Waals surface area contributed by atoms with E-state index in [0.717, 1.165) is 0 Å². The summed E-state index contributed by atoms with van der Waals surface area (Å²) in [4.78, 5) is 12.5. The highest BCUT2D eigenvalue weighted by Crippen LogP contribution is 2.46. The minimum atomic E-state index is -4.53. The van der Waals surface area contributed by atoms with Crippen LogP contribution in [-0.2, 0) is 4.79 Å². The number of carbonyl (C=O) groups excluding carboxylic acids is 1. The van der Waals surface area contributed by atoms with Crippen LogP contribution in [0.2, 0.25) is 0 Å². The Labute approximate surface area is 103 Å². The Morgan fingerprint density at radius 2 is 2.11 bits per heavy atom. The van der Waals surface area contributed by atoms with E-state index in [1.165, 1.54) is 0 Å². The zero-order valence-corrected chi connectivity index (χ0v) is 10.00. The van der Waals surface area contributed by atoms with Crippen molar-refractivity contribution in [1.82, 2.24) is 4.90 Å². The van der Waals surface area contributed by atoms with Crippen LogP contribution in [0.3, 0.4) is 0 Å². The molecule has 0 atom stereocenters. The largest absolute Gasteiger partial charge is 0.406 e. The summed E-state index contributed by atoms with van der Waals surface area (Å²) in [5, 5.41) is 17.7. The molecular weight excluding hydrogens is 249 g/mol. The number of nitriles is 1. The minimum absolute atomic E-state index is 0.162. The summed E-state index contributed by atoms with van der Waals surface area (Å²) in [6, 6.07) is 1.83. The molecular formula is C11H15F3N2O2. The highest BCUT2D eigenvalue weighted by molar-refractivity contribution is 5.86. The second-order valence-electron chi connectivity index (χ2n) is 4.77. The standard InChI is InChI=1S/C11H15F3N2O2/c1-8-4-10(5-8,6-15)9(18)16(2-3-17)7-11(12,13)14/h8,17H,2-5,7H2,1H3. The average molecular weight is 264 g/mol. The molecule has 1 saturated carbocycles. The molecule has 0 aliphatic heterocycles. The second kappa shape index (κ2) is 5.14. The van der Waals surface area contributed by atoms with Crippen molar-refractivity contribution in [2.24, 2.45) is 11.3 Å². The van der Waals surface area contributed by atoms with E-state index in [4.69, 9.17) is 10.4 Å². The van der Waals surface area contributed by atoms with Crippen LogP contribution in [0.5, 0.6) is 0 Å². The quantitative estimate of drug-likeness (QED) is 0.832. The van der Waals surface area contributed by atoms with Gasteiger partial charge in [-0.3, -0.25) is 4.79 Å². The molecule has 1 rings (SSSR count). The summed E-state index contributed by atoms with van der Waals surface area (Å²) >= 11 is 0. The number of rotatable bonds is 4. The Morgan fingerprint density at radius 1 is 1.56 bits per heavy atom. The van der Waals surface area contributed by atoms with Crippen LogP contribution in [0, 0.1) is 22.7 Å². The number of carbonyl (C=O) groups is 1. The van der Waals surface area contributed by atoms with Gasteiger partial charge in [0.2, 0.25) is 5.91 Å². The van der Waals surface area contributed by atoms with Gasteiger partial charge in [-0.1, -0.05) is 6.92 Å². The molecule has 1 N–H and O–H groups in total. The third-order valence-electron chi connectivity index (χ3n) is 3.04. The fourth-order valence-corrected chi connectivity index (χ4v) is 2.34. The van der Waals surface area contributed by atoms with E-state index in [0.29, 0.717) is 4.90 Å². The fraction of sp³-hybridized carbons (Fsp3) is 0.818. The van der Waals surface area contributed by atoms with Gasteiger partial charge in [0.15, 0.2) is 0 Å². The Hall–Kier alpha value is -1.29. The van der Waals surface area contributed by atoms with Gasteiger partial charge >= 0.3 is 6.18 Å². The van der Waals surface area contributed by atoms with E-state index in [1.54, 1.807) is 0 Å². The molecule has 1 aliphatic rings. The molecule has 4 nitrogen and oxygen atoms in total. The van der Waals surface area contributed by atoms with Crippen molar-refractivity contribution in [1.29, 1.82) is 5.26 Å². The number of alkyl halides is 3. The smallest absolute Gasteiger partial charge is 0.395 e. The van der Waals surface area contributed by atoms with Crippen LogP contribution in [-0.4, -0.2) is 41.8 Å². The van der Waals surface area contributed by atoms with Crippen LogP contribution in [0.1, 0.15) is 19.8 Å². The minimum Gasteiger partial charge on any atom is -0.395 e. The Balaban J connectivity index is 2.80. The van der Waals surface area contributed by atoms with Crippen LogP contribution < -0.4 is 0 Å². The molecule has 0 aromatic carbocycles. The monoisotopic (exact) mass is 264 g/mol. The summed E-state index contributed by atoms with van der Waals surface area (Å²) < 4.78 is 37.0. The molecule has 0 unspecified atom stereocenters. The van der Waals surface area contributed by atoms with E-state index >= 15 is 0 Å². The van der Waals surface area contributed by atoms with Crippen molar-refractivity contribution < 1.29 is 23.1 Å². The fourth-order valence-electron chi connectivity index (χ4n) is 2.34. The molecule has 102 valence electrons. The van der Waals surface area contributed by atoms with Crippen LogP contribution in [0.15, 0.2) is 0 Å². The van der Waals surface area contributed by atoms with Crippen LogP contribution in [0.4, 0.5) is 13.2 Å². The van der Waals surface area contributed by atoms with E-state index in [9.17, 15) is 18.0 Å². The van der Waals surface area contributed by atoms with Gasteiger partial charge < -0.3 is 10.0 Å². The Kier molecular flexibility index (Phi) is 4.22. The van der Waals surface area contributed by atoms with Crippen molar-refractivity contribution in [3.8, 4) is 6.07 Å². The summed E-state index contributed by atoms with van der Waals surface area (Å²) in [7, 11) is 0. The van der Waals surface area contributed by atoms with Crippen molar-refractivity contribution in [3.63, 3.8) is 0 Å². The molecule has 0 bridgehead atoms. The van der Waals surface area contributed by atoms with Gasteiger partial charge in [0, 0.05) is 6.54 Å². The van der Waals surface area contributed by atoms with Crippen molar-refractivity contribution in [3.05, 3.63) is 0 Å². The maximum absolute atomic E-state index is 12.3. The Bertz CT molecular complexity index is 356. The third-order valence-corrected chi connectivity index (χ3v) is 3.04. The third kappa shape index (κ3) is 3.13. The highest BCUT2D eigenvalue weighted by Gasteiger charge is 2.51. The second-order valence-corrected chi connectivity index (χ2v) is 4.77. The summed E-state index contributed by atoms with van der Waals surface area (Å²) in [6.45, 7) is -0.553. The number of aliphatic hydroxyl groups is 1. The molecule has 1 fully saturated rings. The first kappa shape index (κ1) is 14.8. The van der Waals surface area contributed by atoms with E-state index < -0.39 is 37.2 Å². The predicted octanol–water partition coefficient (Wildman–Crippen LogP) is 1.31. The Morgan fingerprint density at radius 3 is 2.44 bits per heavy atom.